The van der Waals surface area contributed by atoms with Crippen molar-refractivity contribution in [3.8, 4) is 22.6 Å². The van der Waals surface area contributed by atoms with Gasteiger partial charge in [0, 0.05) is 34.1 Å². The van der Waals surface area contributed by atoms with Crippen LogP contribution < -0.4 is 14.8 Å². The van der Waals surface area contributed by atoms with E-state index in [4.69, 9.17) is 21.1 Å². The molecule has 0 unspecified atom stereocenters. The number of amides is 1. The molecule has 1 aliphatic heterocycles. The van der Waals surface area contributed by atoms with Gasteiger partial charge in [-0.25, -0.2) is 0 Å². The number of aromatic amines is 1. The summed E-state index contributed by atoms with van der Waals surface area (Å²) in [5.74, 6) is 1.41. The highest BCUT2D eigenvalue weighted by Crippen LogP contribution is 2.39. The topological polar surface area (TPSA) is 63.4 Å². The quantitative estimate of drug-likeness (QED) is 0.759. The molecule has 1 aromatic heterocycles. The van der Waals surface area contributed by atoms with Crippen molar-refractivity contribution in [1.29, 1.82) is 0 Å². The fourth-order valence-corrected chi connectivity index (χ4v) is 3.09. The van der Waals surface area contributed by atoms with Crippen LogP contribution in [0.2, 0.25) is 5.02 Å². The minimum Gasteiger partial charge on any atom is -0.454 e. The molecule has 2 aromatic carbocycles. The van der Waals surface area contributed by atoms with E-state index in [-0.39, 0.29) is 12.7 Å². The van der Waals surface area contributed by atoms with Crippen LogP contribution in [0.15, 0.2) is 36.4 Å². The molecule has 5 nitrogen and oxygen atoms in total. The second-order valence-electron chi connectivity index (χ2n) is 5.69. The van der Waals surface area contributed by atoms with Crippen molar-refractivity contribution in [2.24, 2.45) is 0 Å². The molecule has 122 valence electrons. The zero-order chi connectivity index (χ0) is 16.7. The van der Waals surface area contributed by atoms with Crippen molar-refractivity contribution in [1.82, 2.24) is 10.3 Å². The first kappa shape index (κ1) is 14.9. The molecule has 0 atom stereocenters. The van der Waals surface area contributed by atoms with Gasteiger partial charge in [-0.2, -0.15) is 0 Å². The Bertz CT molecular complexity index is 949. The van der Waals surface area contributed by atoms with Crippen molar-refractivity contribution < 1.29 is 14.3 Å². The van der Waals surface area contributed by atoms with Crippen LogP contribution in [0.3, 0.4) is 0 Å². The van der Waals surface area contributed by atoms with Gasteiger partial charge in [-0.05, 0) is 35.9 Å². The number of hydrogen-bond acceptors (Lipinski definition) is 3. The summed E-state index contributed by atoms with van der Waals surface area (Å²) in [7, 11) is 0. The number of fused-ring (bicyclic) bond motifs is 2. The molecule has 1 aliphatic rings. The number of benzene rings is 2. The highest BCUT2D eigenvalue weighted by Gasteiger charge is 2.16. The van der Waals surface area contributed by atoms with Gasteiger partial charge < -0.3 is 19.8 Å². The first-order valence-electron chi connectivity index (χ1n) is 7.56. The molecule has 2 heterocycles. The molecule has 0 radical (unpaired) electrons. The fraction of sp³-hybridized carbons (Fsp3) is 0.167. The summed E-state index contributed by atoms with van der Waals surface area (Å²) in [5.41, 5.74) is 3.77. The molecule has 0 fully saturated rings. The molecule has 4 rings (SSSR count). The molecule has 0 saturated carbocycles. The highest BCUT2D eigenvalue weighted by atomic mass is 35.5. The van der Waals surface area contributed by atoms with Crippen molar-refractivity contribution in [2.45, 2.75) is 13.5 Å². The summed E-state index contributed by atoms with van der Waals surface area (Å²) in [6.07, 6.45) is 0. The molecular formula is C18H15ClN2O3. The molecule has 0 bridgehead atoms. The Morgan fingerprint density at radius 2 is 2.04 bits per heavy atom. The van der Waals surface area contributed by atoms with Crippen molar-refractivity contribution in [3.63, 3.8) is 0 Å². The average Bonchev–Trinajstić information content (AvgIpc) is 3.17. The van der Waals surface area contributed by atoms with E-state index >= 15 is 0 Å². The highest BCUT2D eigenvalue weighted by molar-refractivity contribution is 6.34. The summed E-state index contributed by atoms with van der Waals surface area (Å²) in [6, 6.07) is 11.7. The number of ether oxygens (including phenoxy) is 2. The van der Waals surface area contributed by atoms with Crippen LogP contribution in [-0.2, 0) is 11.3 Å². The third-order valence-corrected chi connectivity index (χ3v) is 4.29. The van der Waals surface area contributed by atoms with Crippen LogP contribution in [0, 0.1) is 0 Å². The van der Waals surface area contributed by atoms with Gasteiger partial charge in [-0.3, -0.25) is 4.79 Å². The van der Waals surface area contributed by atoms with Crippen LogP contribution in [0.1, 0.15) is 12.6 Å². The Kier molecular flexibility index (Phi) is 3.58. The van der Waals surface area contributed by atoms with Crippen LogP contribution in [0.5, 0.6) is 11.5 Å². The van der Waals surface area contributed by atoms with Gasteiger partial charge in [0.15, 0.2) is 11.5 Å². The normalized spacial score (nSPS) is 12.6. The Balaban J connectivity index is 1.73. The van der Waals surface area contributed by atoms with Crippen molar-refractivity contribution in [2.75, 3.05) is 6.79 Å². The Labute approximate surface area is 143 Å². The number of hydrogen-bond donors (Lipinski definition) is 2. The summed E-state index contributed by atoms with van der Waals surface area (Å²) in [4.78, 5) is 14.4. The Morgan fingerprint density at radius 1 is 1.21 bits per heavy atom. The molecule has 0 saturated heterocycles. The predicted octanol–water partition coefficient (Wildman–Crippen LogP) is 3.85. The van der Waals surface area contributed by atoms with Crippen LogP contribution in [0.4, 0.5) is 0 Å². The monoisotopic (exact) mass is 342 g/mol. The summed E-state index contributed by atoms with van der Waals surface area (Å²) >= 11 is 6.47. The lowest BCUT2D eigenvalue weighted by atomic mass is 10.0. The lowest BCUT2D eigenvalue weighted by molar-refractivity contribution is -0.119. The van der Waals surface area contributed by atoms with Gasteiger partial charge in [0.25, 0.3) is 0 Å². The number of H-pyrrole nitrogens is 1. The maximum absolute atomic E-state index is 11.1. The number of carbonyl (C=O) groups is 1. The second kappa shape index (κ2) is 5.76. The minimum atomic E-state index is -0.0623. The number of nitrogens with one attached hydrogen (secondary N) is 2. The van der Waals surface area contributed by atoms with E-state index in [0.717, 1.165) is 39.2 Å². The zero-order valence-corrected chi connectivity index (χ0v) is 13.7. The smallest absolute Gasteiger partial charge is 0.231 e. The largest absolute Gasteiger partial charge is 0.454 e. The molecular weight excluding hydrogens is 328 g/mol. The average molecular weight is 343 g/mol. The van der Waals surface area contributed by atoms with E-state index in [1.807, 2.05) is 36.4 Å². The molecule has 0 spiro atoms. The van der Waals surface area contributed by atoms with E-state index in [0.29, 0.717) is 11.6 Å². The van der Waals surface area contributed by atoms with E-state index in [1.165, 1.54) is 6.92 Å². The maximum atomic E-state index is 11.1. The third kappa shape index (κ3) is 2.67. The second-order valence-corrected chi connectivity index (χ2v) is 6.10. The van der Waals surface area contributed by atoms with Crippen LogP contribution >= 0.6 is 11.6 Å². The maximum Gasteiger partial charge on any atom is 0.231 e. The fourth-order valence-electron chi connectivity index (χ4n) is 2.81. The number of aromatic nitrogens is 1. The lowest BCUT2D eigenvalue weighted by Gasteiger charge is -2.06. The van der Waals surface area contributed by atoms with Gasteiger partial charge in [0.05, 0.1) is 6.54 Å². The Hall–Kier alpha value is -2.66. The van der Waals surface area contributed by atoms with Gasteiger partial charge in [0.2, 0.25) is 12.7 Å². The Morgan fingerprint density at radius 3 is 2.88 bits per heavy atom. The number of carbonyl (C=O) groups excluding carboxylic acids is 1. The van der Waals surface area contributed by atoms with E-state index in [9.17, 15) is 4.79 Å². The first-order valence-corrected chi connectivity index (χ1v) is 7.93. The molecule has 3 aromatic rings. The zero-order valence-electron chi connectivity index (χ0n) is 13.0. The summed E-state index contributed by atoms with van der Waals surface area (Å²) < 4.78 is 10.8. The molecule has 6 heteroatoms. The number of halogens is 1. The minimum absolute atomic E-state index is 0.0623. The molecule has 24 heavy (non-hydrogen) atoms. The van der Waals surface area contributed by atoms with Gasteiger partial charge in [0.1, 0.15) is 0 Å². The molecule has 1 amide bonds. The van der Waals surface area contributed by atoms with Crippen molar-refractivity contribution in [3.05, 3.63) is 47.1 Å². The van der Waals surface area contributed by atoms with E-state index in [2.05, 4.69) is 10.3 Å². The first-order chi connectivity index (χ1) is 11.6. The standard InChI is InChI=1S/C18H15ClN2O3/c1-10(22)20-8-13-4-12-5-15(19)14(7-16(12)21-13)11-2-3-17-18(6-11)24-9-23-17/h2-7,21H,8-9H2,1H3,(H,20,22). The SMILES string of the molecule is CC(=O)NCc1cc2cc(Cl)c(-c3ccc4c(c3)OCO4)cc2[nH]1. The predicted molar refractivity (Wildman–Crippen MR) is 92.4 cm³/mol. The van der Waals surface area contributed by atoms with Gasteiger partial charge >= 0.3 is 0 Å². The van der Waals surface area contributed by atoms with E-state index in [1.54, 1.807) is 0 Å². The molecule has 2 N–H and O–H groups in total. The lowest BCUT2D eigenvalue weighted by Crippen LogP contribution is -2.18. The van der Waals surface area contributed by atoms with E-state index < -0.39 is 0 Å². The van der Waals surface area contributed by atoms with Crippen LogP contribution in [0.25, 0.3) is 22.0 Å². The van der Waals surface area contributed by atoms with Gasteiger partial charge in [-0.15, -0.1) is 0 Å². The number of rotatable bonds is 3. The third-order valence-electron chi connectivity index (χ3n) is 3.98. The molecule has 0 aliphatic carbocycles. The van der Waals surface area contributed by atoms with Gasteiger partial charge in [-0.1, -0.05) is 17.7 Å². The van der Waals surface area contributed by atoms with Crippen LogP contribution in [-0.4, -0.2) is 17.7 Å². The van der Waals surface area contributed by atoms with Crippen molar-refractivity contribution >= 4 is 28.4 Å². The summed E-state index contributed by atoms with van der Waals surface area (Å²) in [5, 5.41) is 4.44. The summed E-state index contributed by atoms with van der Waals surface area (Å²) in [6.45, 7) is 2.20.